The number of nitriles is 1. The Morgan fingerprint density at radius 1 is 1.40 bits per heavy atom. The summed E-state index contributed by atoms with van der Waals surface area (Å²) in [5, 5.41) is 15.0. The largest absolute Gasteiger partial charge is 0.358 e. The SMILES string of the molecule is CC.Cc1ccc(NS(=O)c2cc3n(n2)CCC3)c2[nH]cc(C#N)c12. The van der Waals surface area contributed by atoms with Crippen molar-refractivity contribution in [2.24, 2.45) is 0 Å². The van der Waals surface area contributed by atoms with E-state index in [2.05, 4.69) is 20.9 Å². The van der Waals surface area contributed by atoms with Crippen LogP contribution in [0.5, 0.6) is 0 Å². The van der Waals surface area contributed by atoms with E-state index in [1.165, 1.54) is 0 Å². The summed E-state index contributed by atoms with van der Waals surface area (Å²) in [6.07, 6.45) is 3.76. The summed E-state index contributed by atoms with van der Waals surface area (Å²) in [7, 11) is -1.43. The maximum Gasteiger partial charge on any atom is 0.171 e. The van der Waals surface area contributed by atoms with Gasteiger partial charge in [0, 0.05) is 23.8 Å². The average molecular weight is 355 g/mol. The lowest BCUT2D eigenvalue weighted by atomic mass is 10.1. The lowest BCUT2D eigenvalue weighted by Gasteiger charge is -2.07. The van der Waals surface area contributed by atoms with Crippen molar-refractivity contribution in [3.63, 3.8) is 0 Å². The van der Waals surface area contributed by atoms with Crippen molar-refractivity contribution in [2.75, 3.05) is 4.72 Å². The summed E-state index contributed by atoms with van der Waals surface area (Å²) in [5.41, 5.74) is 4.24. The molecule has 0 spiro atoms. The smallest absolute Gasteiger partial charge is 0.171 e. The monoisotopic (exact) mass is 355 g/mol. The highest BCUT2D eigenvalue weighted by Crippen LogP contribution is 2.29. The van der Waals surface area contributed by atoms with Crippen LogP contribution in [0.3, 0.4) is 0 Å². The summed E-state index contributed by atoms with van der Waals surface area (Å²) in [5.74, 6) is 0. The Labute approximate surface area is 149 Å². The van der Waals surface area contributed by atoms with Crippen LogP contribution in [0.15, 0.2) is 29.4 Å². The zero-order valence-electron chi connectivity index (χ0n) is 14.6. The van der Waals surface area contributed by atoms with Crippen LogP contribution in [0.4, 0.5) is 5.69 Å². The second-order valence-corrected chi connectivity index (χ2v) is 6.83. The first-order chi connectivity index (χ1) is 12.2. The molecular weight excluding hydrogens is 334 g/mol. The highest BCUT2D eigenvalue weighted by molar-refractivity contribution is 7.86. The van der Waals surface area contributed by atoms with Gasteiger partial charge in [0.2, 0.25) is 0 Å². The lowest BCUT2D eigenvalue weighted by Crippen LogP contribution is -2.07. The van der Waals surface area contributed by atoms with E-state index in [1.54, 1.807) is 6.20 Å². The first kappa shape index (κ1) is 17.2. The lowest BCUT2D eigenvalue weighted by molar-refractivity contribution is 0.630. The summed E-state index contributed by atoms with van der Waals surface area (Å²) in [6.45, 7) is 6.85. The van der Waals surface area contributed by atoms with Gasteiger partial charge in [0.25, 0.3) is 0 Å². The van der Waals surface area contributed by atoms with E-state index >= 15 is 0 Å². The van der Waals surface area contributed by atoms with Crippen molar-refractivity contribution >= 4 is 27.6 Å². The Kier molecular flexibility index (Phi) is 4.91. The summed E-state index contributed by atoms with van der Waals surface area (Å²) < 4.78 is 17.5. The number of fused-ring (bicyclic) bond motifs is 2. The summed E-state index contributed by atoms with van der Waals surface area (Å²) in [4.78, 5) is 3.10. The third-order valence-electron chi connectivity index (χ3n) is 4.20. The zero-order valence-corrected chi connectivity index (χ0v) is 15.4. The van der Waals surface area contributed by atoms with E-state index in [0.29, 0.717) is 16.3 Å². The fourth-order valence-corrected chi connectivity index (χ4v) is 3.96. The van der Waals surface area contributed by atoms with Gasteiger partial charge in [-0.15, -0.1) is 0 Å². The Morgan fingerprint density at radius 2 is 2.20 bits per heavy atom. The number of nitrogens with one attached hydrogen (secondary N) is 2. The minimum atomic E-state index is -1.43. The molecule has 3 heterocycles. The molecule has 0 aliphatic carbocycles. The maximum absolute atomic E-state index is 12.6. The van der Waals surface area contributed by atoms with E-state index in [4.69, 9.17) is 0 Å². The Balaban J connectivity index is 0.000000880. The predicted octanol–water partition coefficient (Wildman–Crippen LogP) is 3.65. The van der Waals surface area contributed by atoms with Gasteiger partial charge in [0.05, 0.1) is 16.8 Å². The molecule has 1 aliphatic heterocycles. The van der Waals surface area contributed by atoms with Crippen LogP contribution < -0.4 is 4.72 Å². The molecule has 0 amide bonds. The number of nitrogens with zero attached hydrogens (tertiary/aromatic N) is 3. The average Bonchev–Trinajstić information content (AvgIpc) is 3.32. The minimum absolute atomic E-state index is 0.542. The minimum Gasteiger partial charge on any atom is -0.358 e. The van der Waals surface area contributed by atoms with Crippen molar-refractivity contribution in [3.8, 4) is 6.07 Å². The quantitative estimate of drug-likeness (QED) is 0.752. The predicted molar refractivity (Wildman–Crippen MR) is 99.7 cm³/mol. The van der Waals surface area contributed by atoms with Crippen LogP contribution in [-0.2, 0) is 24.0 Å². The number of hydrogen-bond donors (Lipinski definition) is 2. The molecule has 0 radical (unpaired) electrons. The van der Waals surface area contributed by atoms with E-state index < -0.39 is 11.0 Å². The summed E-state index contributed by atoms with van der Waals surface area (Å²) in [6, 6.07) is 7.87. The highest BCUT2D eigenvalue weighted by atomic mass is 32.2. The molecule has 1 aromatic carbocycles. The topological polar surface area (TPSA) is 86.5 Å². The van der Waals surface area contributed by atoms with Gasteiger partial charge in [-0.2, -0.15) is 10.4 Å². The Bertz CT molecular complexity index is 958. The molecule has 6 nitrogen and oxygen atoms in total. The van der Waals surface area contributed by atoms with Gasteiger partial charge in [-0.1, -0.05) is 19.9 Å². The molecule has 0 bridgehead atoms. The van der Waals surface area contributed by atoms with Gasteiger partial charge in [-0.25, -0.2) is 4.21 Å². The highest BCUT2D eigenvalue weighted by Gasteiger charge is 2.18. The molecule has 2 aromatic heterocycles. The number of rotatable bonds is 3. The number of aromatic amines is 1. The van der Waals surface area contributed by atoms with E-state index in [9.17, 15) is 9.47 Å². The fourth-order valence-electron chi connectivity index (χ4n) is 3.07. The van der Waals surface area contributed by atoms with Crippen molar-refractivity contribution in [1.29, 1.82) is 5.26 Å². The molecule has 25 heavy (non-hydrogen) atoms. The first-order valence-electron chi connectivity index (χ1n) is 8.43. The van der Waals surface area contributed by atoms with Crippen molar-refractivity contribution in [2.45, 2.75) is 45.2 Å². The van der Waals surface area contributed by atoms with Gasteiger partial charge in [-0.3, -0.25) is 9.40 Å². The van der Waals surface area contributed by atoms with Crippen LogP contribution in [0, 0.1) is 18.3 Å². The second kappa shape index (κ2) is 7.11. The molecular formula is C18H21N5OS. The molecule has 4 rings (SSSR count). The van der Waals surface area contributed by atoms with Crippen LogP contribution >= 0.6 is 0 Å². The Hall–Kier alpha value is -2.59. The molecule has 1 atom stereocenters. The third kappa shape index (κ3) is 3.05. The van der Waals surface area contributed by atoms with Gasteiger partial charge >= 0.3 is 0 Å². The standard InChI is InChI=1S/C16H15N5OS.C2H6/c1-10-4-5-13(16-15(10)11(8-17)9-18-16)20-23(22)14-7-12-3-2-6-21(12)19-14;1-2/h4-5,7,9,18,20H,2-3,6H2,1H3;1-2H3. The summed E-state index contributed by atoms with van der Waals surface area (Å²) >= 11 is 0. The first-order valence-corrected chi connectivity index (χ1v) is 9.58. The van der Waals surface area contributed by atoms with Gasteiger partial charge in [-0.05, 0) is 37.5 Å². The molecule has 1 unspecified atom stereocenters. The van der Waals surface area contributed by atoms with E-state index in [-0.39, 0.29) is 0 Å². The molecule has 130 valence electrons. The van der Waals surface area contributed by atoms with Crippen LogP contribution in [0.25, 0.3) is 10.9 Å². The Morgan fingerprint density at radius 3 is 2.92 bits per heavy atom. The molecule has 2 N–H and O–H groups in total. The van der Waals surface area contributed by atoms with E-state index in [0.717, 1.165) is 41.5 Å². The zero-order chi connectivity index (χ0) is 18.0. The molecule has 0 fully saturated rings. The number of anilines is 1. The maximum atomic E-state index is 12.6. The van der Waals surface area contributed by atoms with Crippen molar-refractivity contribution in [1.82, 2.24) is 14.8 Å². The fraction of sp³-hybridized carbons (Fsp3) is 0.333. The van der Waals surface area contributed by atoms with Crippen LogP contribution in [0.2, 0.25) is 0 Å². The molecule has 1 aliphatic rings. The number of aromatic nitrogens is 3. The van der Waals surface area contributed by atoms with Crippen LogP contribution in [0.1, 0.15) is 37.1 Å². The molecule has 0 saturated heterocycles. The molecule has 0 saturated carbocycles. The number of benzene rings is 1. The van der Waals surface area contributed by atoms with Crippen molar-refractivity contribution < 1.29 is 4.21 Å². The number of hydrogen-bond acceptors (Lipinski definition) is 3. The van der Waals surface area contributed by atoms with Gasteiger partial charge in [0.1, 0.15) is 6.07 Å². The van der Waals surface area contributed by atoms with E-state index in [1.807, 2.05) is 43.7 Å². The molecule has 7 heteroatoms. The number of aryl methyl sites for hydroxylation is 3. The van der Waals surface area contributed by atoms with Crippen LogP contribution in [-0.4, -0.2) is 19.0 Å². The van der Waals surface area contributed by atoms with Gasteiger partial charge < -0.3 is 4.98 Å². The molecule has 3 aromatic rings. The normalized spacial score (nSPS) is 13.7. The third-order valence-corrected chi connectivity index (χ3v) is 5.19. The number of H-pyrrole nitrogens is 1. The van der Waals surface area contributed by atoms with Crippen molar-refractivity contribution in [3.05, 3.63) is 41.2 Å². The van der Waals surface area contributed by atoms with Gasteiger partial charge in [0.15, 0.2) is 16.0 Å². The second-order valence-electron chi connectivity index (χ2n) is 5.67.